The molecular formula is C25H19N3O2S. The molecule has 0 fully saturated rings. The molecule has 0 radical (unpaired) electrons. The topological polar surface area (TPSA) is 64.1 Å². The maximum Gasteiger partial charge on any atom is 0.258 e. The number of methoxy groups -OCH3 is 1. The van der Waals surface area contributed by atoms with Crippen molar-refractivity contribution in [2.75, 3.05) is 12.4 Å². The first kappa shape index (κ1) is 19.2. The van der Waals surface area contributed by atoms with Gasteiger partial charge in [-0.1, -0.05) is 47.7 Å². The Labute approximate surface area is 183 Å². The standard InChI is InChI=1S/C25H19N3O2S/c1-15-10-11-21-23(12-15)31-25(27-21)28-24(29)19-14-22(16-6-5-7-17(13-16)30-2)26-20-9-4-3-8-18(19)20/h3-14H,1-2H3,(H,27,28,29). The maximum absolute atomic E-state index is 13.3. The lowest BCUT2D eigenvalue weighted by Crippen LogP contribution is -2.13. The third kappa shape index (κ3) is 3.73. The average molecular weight is 426 g/mol. The van der Waals surface area contributed by atoms with Crippen molar-refractivity contribution < 1.29 is 9.53 Å². The van der Waals surface area contributed by atoms with Crippen LogP contribution in [0.2, 0.25) is 0 Å². The zero-order chi connectivity index (χ0) is 21.4. The summed E-state index contributed by atoms with van der Waals surface area (Å²) in [5, 5.41) is 4.35. The second kappa shape index (κ2) is 7.81. The zero-order valence-corrected chi connectivity index (χ0v) is 17.9. The van der Waals surface area contributed by atoms with Gasteiger partial charge in [-0.2, -0.15) is 0 Å². The number of fused-ring (bicyclic) bond motifs is 2. The lowest BCUT2D eigenvalue weighted by molar-refractivity contribution is 0.102. The molecule has 31 heavy (non-hydrogen) atoms. The van der Waals surface area contributed by atoms with Gasteiger partial charge in [-0.15, -0.1) is 0 Å². The summed E-state index contributed by atoms with van der Waals surface area (Å²) >= 11 is 1.47. The minimum atomic E-state index is -0.210. The highest BCUT2D eigenvalue weighted by molar-refractivity contribution is 7.22. The highest BCUT2D eigenvalue weighted by Gasteiger charge is 2.16. The van der Waals surface area contributed by atoms with Crippen LogP contribution in [0.5, 0.6) is 5.75 Å². The summed E-state index contributed by atoms with van der Waals surface area (Å²) in [6.45, 7) is 2.04. The summed E-state index contributed by atoms with van der Waals surface area (Å²) in [4.78, 5) is 22.6. The van der Waals surface area contributed by atoms with Crippen LogP contribution in [0.1, 0.15) is 15.9 Å². The molecule has 5 nitrogen and oxygen atoms in total. The molecule has 3 aromatic carbocycles. The molecule has 2 heterocycles. The second-order valence-corrected chi connectivity index (χ2v) is 8.28. The van der Waals surface area contributed by atoms with Crippen molar-refractivity contribution in [3.8, 4) is 17.0 Å². The van der Waals surface area contributed by atoms with Gasteiger partial charge in [0.25, 0.3) is 5.91 Å². The van der Waals surface area contributed by atoms with E-state index in [1.807, 2.05) is 73.7 Å². The van der Waals surface area contributed by atoms with Gasteiger partial charge in [0.2, 0.25) is 0 Å². The number of para-hydroxylation sites is 1. The van der Waals surface area contributed by atoms with Gasteiger partial charge in [0.15, 0.2) is 5.13 Å². The van der Waals surface area contributed by atoms with Crippen LogP contribution in [-0.4, -0.2) is 23.0 Å². The molecule has 0 aliphatic rings. The molecule has 0 atom stereocenters. The number of thiazole rings is 1. The Balaban J connectivity index is 1.57. The van der Waals surface area contributed by atoms with Gasteiger partial charge in [-0.25, -0.2) is 9.97 Å². The SMILES string of the molecule is COc1cccc(-c2cc(C(=O)Nc3nc4ccc(C)cc4s3)c3ccccc3n2)c1. The zero-order valence-electron chi connectivity index (χ0n) is 17.0. The van der Waals surface area contributed by atoms with Crippen molar-refractivity contribution in [2.45, 2.75) is 6.92 Å². The average Bonchev–Trinajstić information content (AvgIpc) is 3.19. The van der Waals surface area contributed by atoms with Crippen molar-refractivity contribution in [2.24, 2.45) is 0 Å². The maximum atomic E-state index is 13.3. The number of nitrogens with zero attached hydrogens (tertiary/aromatic N) is 2. The molecule has 0 bridgehead atoms. The van der Waals surface area contributed by atoms with E-state index in [1.54, 1.807) is 7.11 Å². The largest absolute Gasteiger partial charge is 0.497 e. The van der Waals surface area contributed by atoms with Crippen LogP contribution in [0.15, 0.2) is 72.8 Å². The number of benzene rings is 3. The molecule has 0 spiro atoms. The normalized spacial score (nSPS) is 11.0. The predicted molar refractivity (Wildman–Crippen MR) is 126 cm³/mol. The lowest BCUT2D eigenvalue weighted by Gasteiger charge is -2.10. The first-order valence-corrected chi connectivity index (χ1v) is 10.6. The molecule has 1 amide bonds. The molecule has 0 saturated heterocycles. The van der Waals surface area contributed by atoms with E-state index in [-0.39, 0.29) is 5.91 Å². The molecule has 5 aromatic rings. The summed E-state index contributed by atoms with van der Waals surface area (Å²) in [6.07, 6.45) is 0. The fourth-order valence-electron chi connectivity index (χ4n) is 3.54. The van der Waals surface area contributed by atoms with Crippen molar-refractivity contribution in [3.63, 3.8) is 0 Å². The summed E-state index contributed by atoms with van der Waals surface area (Å²) in [5.74, 6) is 0.529. The summed E-state index contributed by atoms with van der Waals surface area (Å²) in [6, 6.07) is 23.2. The van der Waals surface area contributed by atoms with Gasteiger partial charge in [0.1, 0.15) is 5.75 Å². The first-order chi connectivity index (χ1) is 15.1. The van der Waals surface area contributed by atoms with E-state index in [1.165, 1.54) is 11.3 Å². The van der Waals surface area contributed by atoms with Crippen LogP contribution >= 0.6 is 11.3 Å². The number of aryl methyl sites for hydroxylation is 1. The van der Waals surface area contributed by atoms with Crippen molar-refractivity contribution in [3.05, 3.63) is 83.9 Å². The van der Waals surface area contributed by atoms with E-state index in [0.717, 1.165) is 38.0 Å². The number of hydrogen-bond acceptors (Lipinski definition) is 5. The summed E-state index contributed by atoms with van der Waals surface area (Å²) in [5.41, 5.74) is 4.95. The Morgan fingerprint density at radius 3 is 2.68 bits per heavy atom. The van der Waals surface area contributed by atoms with E-state index in [9.17, 15) is 4.79 Å². The fraction of sp³-hybridized carbons (Fsp3) is 0.0800. The van der Waals surface area contributed by atoms with Crippen LogP contribution in [0.3, 0.4) is 0 Å². The number of anilines is 1. The van der Waals surface area contributed by atoms with E-state index in [4.69, 9.17) is 9.72 Å². The third-order valence-electron chi connectivity index (χ3n) is 5.09. The molecular weight excluding hydrogens is 406 g/mol. The van der Waals surface area contributed by atoms with E-state index < -0.39 is 0 Å². The number of hydrogen-bond donors (Lipinski definition) is 1. The van der Waals surface area contributed by atoms with Crippen LogP contribution in [0, 0.1) is 6.92 Å². The Morgan fingerprint density at radius 1 is 0.935 bits per heavy atom. The molecule has 5 rings (SSSR count). The molecule has 0 unspecified atom stereocenters. The number of carbonyl (C=O) groups is 1. The number of ether oxygens (including phenoxy) is 1. The summed E-state index contributed by atoms with van der Waals surface area (Å²) in [7, 11) is 1.63. The number of carbonyl (C=O) groups excluding carboxylic acids is 1. The van der Waals surface area contributed by atoms with Crippen LogP contribution in [0.25, 0.3) is 32.4 Å². The quantitative estimate of drug-likeness (QED) is 0.379. The van der Waals surface area contributed by atoms with Gasteiger partial charge >= 0.3 is 0 Å². The second-order valence-electron chi connectivity index (χ2n) is 7.25. The van der Waals surface area contributed by atoms with Crippen LogP contribution in [0.4, 0.5) is 5.13 Å². The van der Waals surface area contributed by atoms with E-state index in [0.29, 0.717) is 16.4 Å². The van der Waals surface area contributed by atoms with Crippen LogP contribution < -0.4 is 10.1 Å². The predicted octanol–water partition coefficient (Wildman–Crippen LogP) is 6.08. The molecule has 152 valence electrons. The Kier molecular flexibility index (Phi) is 4.84. The van der Waals surface area contributed by atoms with Gasteiger partial charge < -0.3 is 4.74 Å². The Bertz CT molecular complexity index is 1440. The molecule has 1 N–H and O–H groups in total. The Hall–Kier alpha value is -3.77. The molecule has 0 aliphatic heterocycles. The number of nitrogens with one attached hydrogen (secondary N) is 1. The highest BCUT2D eigenvalue weighted by atomic mass is 32.1. The van der Waals surface area contributed by atoms with Crippen molar-refractivity contribution in [1.29, 1.82) is 0 Å². The number of pyridine rings is 1. The minimum Gasteiger partial charge on any atom is -0.497 e. The monoisotopic (exact) mass is 425 g/mol. The third-order valence-corrected chi connectivity index (χ3v) is 6.02. The van der Waals surface area contributed by atoms with Gasteiger partial charge in [-0.3, -0.25) is 10.1 Å². The molecule has 0 saturated carbocycles. The van der Waals surface area contributed by atoms with Gasteiger partial charge in [0, 0.05) is 10.9 Å². The number of rotatable bonds is 4. The molecule has 0 aliphatic carbocycles. The van der Waals surface area contributed by atoms with E-state index in [2.05, 4.69) is 16.4 Å². The van der Waals surface area contributed by atoms with Crippen molar-refractivity contribution >= 4 is 43.5 Å². The minimum absolute atomic E-state index is 0.210. The molecule has 2 aromatic heterocycles. The highest BCUT2D eigenvalue weighted by Crippen LogP contribution is 2.30. The first-order valence-electron chi connectivity index (χ1n) is 9.83. The number of amides is 1. The van der Waals surface area contributed by atoms with Gasteiger partial charge in [0.05, 0.1) is 34.1 Å². The Morgan fingerprint density at radius 2 is 1.81 bits per heavy atom. The van der Waals surface area contributed by atoms with Crippen molar-refractivity contribution in [1.82, 2.24) is 9.97 Å². The van der Waals surface area contributed by atoms with Gasteiger partial charge in [-0.05, 0) is 48.9 Å². The smallest absolute Gasteiger partial charge is 0.258 e. The lowest BCUT2D eigenvalue weighted by atomic mass is 10.0. The fourth-order valence-corrected chi connectivity index (χ4v) is 4.50. The van der Waals surface area contributed by atoms with E-state index >= 15 is 0 Å². The summed E-state index contributed by atoms with van der Waals surface area (Å²) < 4.78 is 6.39. The molecule has 6 heteroatoms. The number of aromatic nitrogens is 2. The van der Waals surface area contributed by atoms with Crippen LogP contribution in [-0.2, 0) is 0 Å².